The Balaban J connectivity index is 2.24. The van der Waals surface area contributed by atoms with E-state index in [9.17, 15) is 14.9 Å². The van der Waals surface area contributed by atoms with Crippen molar-refractivity contribution in [2.24, 2.45) is 0 Å². The summed E-state index contributed by atoms with van der Waals surface area (Å²) in [5, 5.41) is 19.6. The molecule has 1 N–H and O–H groups in total. The molecule has 1 atom stereocenters. The first-order chi connectivity index (χ1) is 8.99. The third-order valence-electron chi connectivity index (χ3n) is 3.32. The van der Waals surface area contributed by atoms with Crippen molar-refractivity contribution in [3.63, 3.8) is 0 Å². The summed E-state index contributed by atoms with van der Waals surface area (Å²) in [5.74, 6) is -0.220. The molecule has 0 aromatic carbocycles. The van der Waals surface area contributed by atoms with Gasteiger partial charge >= 0.3 is 5.97 Å². The highest BCUT2D eigenvalue weighted by Crippen LogP contribution is 2.28. The van der Waals surface area contributed by atoms with Crippen LogP contribution in [0.5, 0.6) is 0 Å². The Labute approximate surface area is 110 Å². The molecule has 0 aliphatic carbocycles. The van der Waals surface area contributed by atoms with Gasteiger partial charge in [-0.05, 0) is 25.8 Å². The Hall–Kier alpha value is -2.18. The smallest absolute Gasteiger partial charge is 0.305 e. The molecule has 19 heavy (non-hydrogen) atoms. The Morgan fingerprint density at radius 3 is 2.95 bits per heavy atom. The predicted octanol–water partition coefficient (Wildman–Crippen LogP) is 1.74. The number of rotatable bonds is 4. The average molecular weight is 265 g/mol. The van der Waals surface area contributed by atoms with Crippen LogP contribution in [0, 0.1) is 17.0 Å². The molecule has 1 aromatic heterocycles. The van der Waals surface area contributed by atoms with E-state index in [1.165, 1.54) is 6.07 Å². The summed E-state index contributed by atoms with van der Waals surface area (Å²) in [7, 11) is 0. The first-order valence-electron chi connectivity index (χ1n) is 6.09. The molecule has 1 aliphatic heterocycles. The van der Waals surface area contributed by atoms with E-state index in [1.807, 2.05) is 4.90 Å². The molecular formula is C12H15N3O4. The second-order valence-electron chi connectivity index (χ2n) is 4.62. The average Bonchev–Trinajstić information content (AvgIpc) is 2.75. The third-order valence-corrected chi connectivity index (χ3v) is 3.32. The minimum absolute atomic E-state index is 0.0160. The number of carboxylic acid groups (broad SMARTS) is 1. The summed E-state index contributed by atoms with van der Waals surface area (Å²) >= 11 is 0. The van der Waals surface area contributed by atoms with Crippen molar-refractivity contribution in [1.82, 2.24) is 4.98 Å². The van der Waals surface area contributed by atoms with Gasteiger partial charge in [-0.3, -0.25) is 14.9 Å². The van der Waals surface area contributed by atoms with Gasteiger partial charge in [-0.2, -0.15) is 0 Å². The van der Waals surface area contributed by atoms with Gasteiger partial charge in [0.15, 0.2) is 0 Å². The number of hydrogen-bond acceptors (Lipinski definition) is 5. The third kappa shape index (κ3) is 2.81. The van der Waals surface area contributed by atoms with E-state index in [0.717, 1.165) is 19.4 Å². The molecule has 1 saturated heterocycles. The Bertz CT molecular complexity index is 518. The van der Waals surface area contributed by atoms with E-state index in [1.54, 1.807) is 13.0 Å². The van der Waals surface area contributed by atoms with Crippen molar-refractivity contribution in [3.8, 4) is 0 Å². The van der Waals surface area contributed by atoms with Crippen molar-refractivity contribution in [1.29, 1.82) is 0 Å². The molecule has 1 aliphatic rings. The van der Waals surface area contributed by atoms with Crippen LogP contribution in [-0.4, -0.2) is 33.6 Å². The quantitative estimate of drug-likeness (QED) is 0.658. The van der Waals surface area contributed by atoms with Gasteiger partial charge in [0.05, 0.1) is 11.3 Å². The van der Waals surface area contributed by atoms with Gasteiger partial charge in [-0.15, -0.1) is 0 Å². The van der Waals surface area contributed by atoms with Crippen LogP contribution in [0.15, 0.2) is 12.1 Å². The Kier molecular flexibility index (Phi) is 3.64. The first-order valence-corrected chi connectivity index (χ1v) is 6.09. The predicted molar refractivity (Wildman–Crippen MR) is 68.2 cm³/mol. The highest BCUT2D eigenvalue weighted by Gasteiger charge is 2.28. The maximum atomic E-state index is 10.8. The van der Waals surface area contributed by atoms with Crippen LogP contribution >= 0.6 is 0 Å². The van der Waals surface area contributed by atoms with Gasteiger partial charge < -0.3 is 10.0 Å². The molecule has 1 aromatic rings. The van der Waals surface area contributed by atoms with E-state index < -0.39 is 10.9 Å². The van der Waals surface area contributed by atoms with Gasteiger partial charge in [-0.1, -0.05) is 0 Å². The molecule has 2 rings (SSSR count). The molecule has 2 heterocycles. The molecule has 0 bridgehead atoms. The second kappa shape index (κ2) is 5.21. The van der Waals surface area contributed by atoms with Crippen LogP contribution < -0.4 is 4.90 Å². The number of hydrogen-bond donors (Lipinski definition) is 1. The van der Waals surface area contributed by atoms with Gasteiger partial charge in [0.2, 0.25) is 0 Å². The largest absolute Gasteiger partial charge is 0.481 e. The van der Waals surface area contributed by atoms with Crippen molar-refractivity contribution >= 4 is 17.5 Å². The number of carbonyl (C=O) groups is 1. The standard InChI is InChI=1S/C12H15N3O4/c1-8-10(15(18)19)4-5-11(13-8)14-6-2-3-9(14)7-12(16)17/h4-5,9H,2-3,6-7H2,1H3,(H,16,17). The summed E-state index contributed by atoms with van der Waals surface area (Å²) in [4.78, 5) is 27.2. The zero-order chi connectivity index (χ0) is 14.0. The summed E-state index contributed by atoms with van der Waals surface area (Å²) in [6, 6.07) is 2.94. The Morgan fingerprint density at radius 1 is 1.63 bits per heavy atom. The summed E-state index contributed by atoms with van der Waals surface area (Å²) < 4.78 is 0. The summed E-state index contributed by atoms with van der Waals surface area (Å²) in [6.45, 7) is 2.33. The lowest BCUT2D eigenvalue weighted by atomic mass is 10.1. The lowest BCUT2D eigenvalue weighted by Gasteiger charge is -2.24. The molecule has 0 saturated carbocycles. The molecule has 7 heteroatoms. The van der Waals surface area contributed by atoms with E-state index in [4.69, 9.17) is 5.11 Å². The van der Waals surface area contributed by atoms with E-state index in [0.29, 0.717) is 11.5 Å². The number of carboxylic acids is 1. The lowest BCUT2D eigenvalue weighted by molar-refractivity contribution is -0.385. The van der Waals surface area contributed by atoms with Crippen LogP contribution in [0.1, 0.15) is 25.0 Å². The number of aliphatic carboxylic acids is 1. The van der Waals surface area contributed by atoms with Crippen LogP contribution in [-0.2, 0) is 4.79 Å². The zero-order valence-electron chi connectivity index (χ0n) is 10.6. The normalized spacial score (nSPS) is 18.6. The van der Waals surface area contributed by atoms with E-state index in [2.05, 4.69) is 4.98 Å². The number of anilines is 1. The van der Waals surface area contributed by atoms with Crippen molar-refractivity contribution in [3.05, 3.63) is 27.9 Å². The summed E-state index contributed by atoms with van der Waals surface area (Å²) in [5.41, 5.74) is 0.334. The van der Waals surface area contributed by atoms with Gasteiger partial charge in [0, 0.05) is 18.7 Å². The maximum absolute atomic E-state index is 10.8. The van der Waals surface area contributed by atoms with Crippen LogP contribution in [0.2, 0.25) is 0 Å². The molecular weight excluding hydrogens is 250 g/mol. The van der Waals surface area contributed by atoms with Crippen molar-refractivity contribution in [2.75, 3.05) is 11.4 Å². The topological polar surface area (TPSA) is 96.6 Å². The monoisotopic (exact) mass is 265 g/mol. The zero-order valence-corrected chi connectivity index (χ0v) is 10.6. The van der Waals surface area contributed by atoms with Crippen LogP contribution in [0.4, 0.5) is 11.5 Å². The van der Waals surface area contributed by atoms with E-state index in [-0.39, 0.29) is 18.2 Å². The highest BCUT2D eigenvalue weighted by atomic mass is 16.6. The number of aryl methyl sites for hydroxylation is 1. The fourth-order valence-corrected chi connectivity index (χ4v) is 2.44. The Morgan fingerprint density at radius 2 is 2.37 bits per heavy atom. The van der Waals surface area contributed by atoms with Gasteiger partial charge in [0.25, 0.3) is 5.69 Å². The molecule has 1 fully saturated rings. The molecule has 7 nitrogen and oxygen atoms in total. The van der Waals surface area contributed by atoms with Crippen molar-refractivity contribution < 1.29 is 14.8 Å². The molecule has 0 radical (unpaired) electrons. The van der Waals surface area contributed by atoms with Gasteiger partial charge in [-0.25, -0.2) is 4.98 Å². The maximum Gasteiger partial charge on any atom is 0.305 e. The molecule has 0 amide bonds. The van der Waals surface area contributed by atoms with E-state index >= 15 is 0 Å². The fourth-order valence-electron chi connectivity index (χ4n) is 2.44. The SMILES string of the molecule is Cc1nc(N2CCCC2CC(=O)O)ccc1[N+](=O)[O-]. The fraction of sp³-hybridized carbons (Fsp3) is 0.500. The number of aromatic nitrogens is 1. The van der Waals surface area contributed by atoms with Gasteiger partial charge in [0.1, 0.15) is 11.5 Å². The number of nitrogens with zero attached hydrogens (tertiary/aromatic N) is 3. The minimum Gasteiger partial charge on any atom is -0.481 e. The number of nitro groups is 1. The summed E-state index contributed by atoms with van der Waals surface area (Å²) in [6.07, 6.45) is 1.79. The molecule has 1 unspecified atom stereocenters. The number of pyridine rings is 1. The minimum atomic E-state index is -0.837. The van der Waals surface area contributed by atoms with Crippen molar-refractivity contribution in [2.45, 2.75) is 32.2 Å². The molecule has 102 valence electrons. The van der Waals surface area contributed by atoms with Crippen LogP contribution in [0.3, 0.4) is 0 Å². The molecule has 0 spiro atoms. The first kappa shape index (κ1) is 13.3. The van der Waals surface area contributed by atoms with Crippen LogP contribution in [0.25, 0.3) is 0 Å². The highest BCUT2D eigenvalue weighted by molar-refractivity contribution is 5.68. The second-order valence-corrected chi connectivity index (χ2v) is 4.62. The lowest BCUT2D eigenvalue weighted by Crippen LogP contribution is -2.32.